The molecule has 1 atom stereocenters. The minimum Gasteiger partial charge on any atom is -0.496 e. The van der Waals surface area contributed by atoms with Crippen LogP contribution in [0.15, 0.2) is 71.6 Å². The molecule has 2 N–H and O–H groups in total. The molecule has 8 heteroatoms. The Morgan fingerprint density at radius 1 is 0.909 bits per heavy atom. The van der Waals surface area contributed by atoms with Crippen LogP contribution in [0.1, 0.15) is 11.1 Å². The molecule has 174 valence electrons. The van der Waals surface area contributed by atoms with Gasteiger partial charge in [0.05, 0.1) is 24.7 Å². The third kappa shape index (κ3) is 6.12. The molecular formula is C25H27NO6S. The second kappa shape index (κ2) is 10.5. The van der Waals surface area contributed by atoms with Crippen molar-refractivity contribution in [1.82, 2.24) is 5.32 Å². The van der Waals surface area contributed by atoms with Crippen LogP contribution in [0, 0.1) is 0 Å². The number of ether oxygens (including phenoxy) is 2. The summed E-state index contributed by atoms with van der Waals surface area (Å²) < 4.78 is 34.1. The van der Waals surface area contributed by atoms with Crippen molar-refractivity contribution in [3.63, 3.8) is 0 Å². The van der Waals surface area contributed by atoms with Crippen LogP contribution in [0.25, 0.3) is 11.1 Å². The highest BCUT2D eigenvalue weighted by Crippen LogP contribution is 2.38. The largest absolute Gasteiger partial charge is 0.496 e. The summed E-state index contributed by atoms with van der Waals surface area (Å²) in [6, 6.07) is 18.8. The van der Waals surface area contributed by atoms with E-state index in [4.69, 9.17) is 9.47 Å². The molecule has 0 aliphatic carbocycles. The molecule has 3 aromatic rings. The van der Waals surface area contributed by atoms with Gasteiger partial charge < -0.3 is 19.9 Å². The Kier molecular flexibility index (Phi) is 7.73. The standard InChI is InChI=1S/C25H27NO6S/c1-31-22-5-4-6-23(32-2)24(22)19-11-7-17(8-12-19)15-21(25(27)28)26-16-18-9-13-20(14-10-18)33(3,29)30/h4-14,21,26H,15-16H2,1-3H3,(H,27,28)/t21-/m0/s1. The second-order valence-electron chi connectivity index (χ2n) is 7.63. The monoisotopic (exact) mass is 469 g/mol. The van der Waals surface area contributed by atoms with Crippen molar-refractivity contribution in [1.29, 1.82) is 0 Å². The van der Waals surface area contributed by atoms with Crippen molar-refractivity contribution in [2.24, 2.45) is 0 Å². The van der Waals surface area contributed by atoms with Crippen LogP contribution in [0.3, 0.4) is 0 Å². The lowest BCUT2D eigenvalue weighted by Crippen LogP contribution is -2.38. The van der Waals surface area contributed by atoms with E-state index in [-0.39, 0.29) is 4.90 Å². The predicted octanol–water partition coefficient (Wildman–Crippen LogP) is 3.56. The van der Waals surface area contributed by atoms with E-state index >= 15 is 0 Å². The Labute approximate surface area is 193 Å². The van der Waals surface area contributed by atoms with Gasteiger partial charge in [-0.15, -0.1) is 0 Å². The molecule has 0 aliphatic heterocycles. The molecule has 7 nitrogen and oxygen atoms in total. The minimum absolute atomic E-state index is 0.229. The van der Waals surface area contributed by atoms with Crippen LogP contribution in [-0.2, 0) is 27.6 Å². The Hall–Kier alpha value is -3.36. The molecule has 0 amide bonds. The number of hydrogen-bond donors (Lipinski definition) is 2. The first-order valence-electron chi connectivity index (χ1n) is 10.3. The van der Waals surface area contributed by atoms with Crippen LogP contribution in [-0.4, -0.2) is 46.0 Å². The number of nitrogens with one attached hydrogen (secondary N) is 1. The number of aliphatic carboxylic acids is 1. The van der Waals surface area contributed by atoms with Crippen molar-refractivity contribution in [2.75, 3.05) is 20.5 Å². The van der Waals surface area contributed by atoms with Crippen molar-refractivity contribution in [3.8, 4) is 22.6 Å². The molecule has 0 bridgehead atoms. The number of hydrogen-bond acceptors (Lipinski definition) is 6. The molecule has 0 radical (unpaired) electrons. The summed E-state index contributed by atoms with van der Waals surface area (Å²) in [6.07, 6.45) is 1.44. The first kappa shape index (κ1) is 24.3. The molecule has 0 saturated heterocycles. The Balaban J connectivity index is 1.71. The van der Waals surface area contributed by atoms with Gasteiger partial charge in [-0.25, -0.2) is 8.42 Å². The van der Waals surface area contributed by atoms with Gasteiger partial charge in [0, 0.05) is 12.8 Å². The summed E-state index contributed by atoms with van der Waals surface area (Å²) in [5.41, 5.74) is 3.39. The lowest BCUT2D eigenvalue weighted by molar-refractivity contribution is -0.139. The number of carboxylic acid groups (broad SMARTS) is 1. The normalized spacial score (nSPS) is 12.2. The summed E-state index contributed by atoms with van der Waals surface area (Å²) >= 11 is 0. The van der Waals surface area contributed by atoms with Gasteiger partial charge in [-0.1, -0.05) is 42.5 Å². The fourth-order valence-electron chi connectivity index (χ4n) is 3.52. The molecular weight excluding hydrogens is 442 g/mol. The minimum atomic E-state index is -3.27. The third-order valence-electron chi connectivity index (χ3n) is 5.31. The first-order chi connectivity index (χ1) is 15.7. The molecule has 0 heterocycles. The molecule has 3 rings (SSSR count). The third-order valence-corrected chi connectivity index (χ3v) is 6.44. The van der Waals surface area contributed by atoms with Crippen LogP contribution in [0.2, 0.25) is 0 Å². The van der Waals surface area contributed by atoms with Crippen LogP contribution in [0.4, 0.5) is 0 Å². The van der Waals surface area contributed by atoms with Crippen LogP contribution in [0.5, 0.6) is 11.5 Å². The van der Waals surface area contributed by atoms with Gasteiger partial charge in [-0.2, -0.15) is 0 Å². The van der Waals surface area contributed by atoms with E-state index < -0.39 is 21.8 Å². The molecule has 0 spiro atoms. The summed E-state index contributed by atoms with van der Waals surface area (Å²) in [4.78, 5) is 12.0. The van der Waals surface area contributed by atoms with Crippen molar-refractivity contribution >= 4 is 15.8 Å². The number of carbonyl (C=O) groups is 1. The quantitative estimate of drug-likeness (QED) is 0.468. The molecule has 0 aromatic heterocycles. The zero-order valence-corrected chi connectivity index (χ0v) is 19.6. The van der Waals surface area contributed by atoms with E-state index in [1.54, 1.807) is 26.4 Å². The fraction of sp³-hybridized carbons (Fsp3) is 0.240. The molecule has 0 aliphatic rings. The summed E-state index contributed by atoms with van der Waals surface area (Å²) in [6.45, 7) is 0.303. The Morgan fingerprint density at radius 3 is 1.94 bits per heavy atom. The molecule has 0 fully saturated rings. The van der Waals surface area contributed by atoms with Crippen molar-refractivity contribution < 1.29 is 27.8 Å². The molecule has 0 saturated carbocycles. The lowest BCUT2D eigenvalue weighted by Gasteiger charge is -2.16. The average molecular weight is 470 g/mol. The van der Waals surface area contributed by atoms with Crippen LogP contribution >= 0.6 is 0 Å². The molecule has 0 unspecified atom stereocenters. The van der Waals surface area contributed by atoms with Gasteiger partial charge in [0.25, 0.3) is 0 Å². The topological polar surface area (TPSA) is 102 Å². The molecule has 3 aromatic carbocycles. The van der Waals surface area contributed by atoms with E-state index in [9.17, 15) is 18.3 Å². The van der Waals surface area contributed by atoms with Gasteiger partial charge in [-0.3, -0.25) is 4.79 Å². The molecule has 33 heavy (non-hydrogen) atoms. The SMILES string of the molecule is COc1cccc(OC)c1-c1ccc(C[C@H](NCc2ccc(S(C)(=O)=O)cc2)C(=O)O)cc1. The zero-order chi connectivity index (χ0) is 24.0. The van der Waals surface area contributed by atoms with E-state index in [1.165, 1.54) is 12.1 Å². The Morgan fingerprint density at radius 2 is 1.45 bits per heavy atom. The van der Waals surface area contributed by atoms with Gasteiger partial charge >= 0.3 is 5.97 Å². The van der Waals surface area contributed by atoms with Crippen LogP contribution < -0.4 is 14.8 Å². The predicted molar refractivity (Wildman–Crippen MR) is 127 cm³/mol. The number of sulfone groups is 1. The highest BCUT2D eigenvalue weighted by molar-refractivity contribution is 7.90. The number of benzene rings is 3. The smallest absolute Gasteiger partial charge is 0.321 e. The maximum atomic E-state index is 11.8. The Bertz CT molecular complexity index is 1180. The van der Waals surface area contributed by atoms with Crippen molar-refractivity contribution in [2.45, 2.75) is 23.9 Å². The summed E-state index contributed by atoms with van der Waals surface area (Å²) in [5.74, 6) is 0.418. The van der Waals surface area contributed by atoms with E-state index in [0.29, 0.717) is 24.5 Å². The maximum absolute atomic E-state index is 11.8. The van der Waals surface area contributed by atoms with E-state index in [1.807, 2.05) is 42.5 Å². The number of rotatable bonds is 10. The van der Waals surface area contributed by atoms with Gasteiger partial charge in [0.1, 0.15) is 17.5 Å². The summed E-state index contributed by atoms with van der Waals surface area (Å²) in [7, 11) is -0.0646. The van der Waals surface area contributed by atoms with Gasteiger partial charge in [-0.05, 0) is 47.4 Å². The maximum Gasteiger partial charge on any atom is 0.321 e. The first-order valence-corrected chi connectivity index (χ1v) is 12.2. The van der Waals surface area contributed by atoms with E-state index in [2.05, 4.69) is 5.32 Å². The average Bonchev–Trinajstić information content (AvgIpc) is 2.81. The van der Waals surface area contributed by atoms with Gasteiger partial charge in [0.2, 0.25) is 0 Å². The second-order valence-corrected chi connectivity index (χ2v) is 9.64. The number of methoxy groups -OCH3 is 2. The van der Waals surface area contributed by atoms with Crippen molar-refractivity contribution in [3.05, 3.63) is 77.9 Å². The van der Waals surface area contributed by atoms with E-state index in [0.717, 1.165) is 28.5 Å². The highest BCUT2D eigenvalue weighted by Gasteiger charge is 2.18. The highest BCUT2D eigenvalue weighted by atomic mass is 32.2. The fourth-order valence-corrected chi connectivity index (χ4v) is 4.15. The summed E-state index contributed by atoms with van der Waals surface area (Å²) in [5, 5.41) is 12.7. The lowest BCUT2D eigenvalue weighted by atomic mass is 9.99. The number of carboxylic acids is 1. The van der Waals surface area contributed by atoms with Gasteiger partial charge in [0.15, 0.2) is 9.84 Å². The zero-order valence-electron chi connectivity index (χ0n) is 18.7.